The molecule has 17 heavy (non-hydrogen) atoms. The third-order valence-electron chi connectivity index (χ3n) is 6.60. The first-order chi connectivity index (χ1) is 8.09. The molecular weight excluding hydrogens is 348 g/mol. The molecule has 0 aromatic rings. The molecule has 6 aliphatic rings. The van der Waals surface area contributed by atoms with Gasteiger partial charge in [0.25, 0.3) is 0 Å². The second-order valence-electron chi connectivity index (χ2n) is 6.64. The zero-order valence-electron chi connectivity index (χ0n) is 9.48. The van der Waals surface area contributed by atoms with Gasteiger partial charge in [0.1, 0.15) is 5.60 Å². The number of halogens is 2. The first-order valence-electron chi connectivity index (χ1n) is 6.56. The van der Waals surface area contributed by atoms with E-state index in [1.165, 1.54) is 6.42 Å². The Morgan fingerprint density at radius 2 is 1.94 bits per heavy atom. The second kappa shape index (κ2) is 2.65. The molecular formula is C13H14Br2O2. The standard InChI is InChI=1S/C13H14Br2O2/c1-3(16)17-13-9-5-2-4-6(7(5)12(13)15)10(13)11(14)8(4)9/h4-12H,2H2,1H3/t4-,5+,6-,7+,8-,9+,10-,11-,12-,13+/m0/s1. The largest absolute Gasteiger partial charge is 0.457 e. The van der Waals surface area contributed by atoms with Gasteiger partial charge in [0.15, 0.2) is 0 Å². The highest BCUT2D eigenvalue weighted by Gasteiger charge is 2.90. The van der Waals surface area contributed by atoms with Crippen LogP contribution in [0.15, 0.2) is 0 Å². The van der Waals surface area contributed by atoms with Crippen LogP contribution >= 0.6 is 31.9 Å². The van der Waals surface area contributed by atoms with Crippen LogP contribution in [-0.4, -0.2) is 21.2 Å². The number of ether oxygens (including phenoxy) is 1. The van der Waals surface area contributed by atoms with Crippen molar-refractivity contribution in [3.8, 4) is 0 Å². The lowest BCUT2D eigenvalue weighted by Gasteiger charge is -2.41. The van der Waals surface area contributed by atoms with Crippen molar-refractivity contribution in [1.29, 1.82) is 0 Å². The van der Waals surface area contributed by atoms with Gasteiger partial charge in [0.2, 0.25) is 0 Å². The molecule has 6 saturated carbocycles. The summed E-state index contributed by atoms with van der Waals surface area (Å²) in [5.74, 6) is 5.28. The van der Waals surface area contributed by atoms with Gasteiger partial charge < -0.3 is 4.74 Å². The van der Waals surface area contributed by atoms with E-state index >= 15 is 0 Å². The maximum atomic E-state index is 11.5. The molecule has 2 nitrogen and oxygen atoms in total. The average Bonchev–Trinajstić information content (AvgIpc) is 2.93. The number of esters is 1. The lowest BCUT2D eigenvalue weighted by atomic mass is 9.69. The highest BCUT2D eigenvalue weighted by Crippen LogP contribution is 2.86. The van der Waals surface area contributed by atoms with Gasteiger partial charge in [-0.05, 0) is 36.0 Å². The van der Waals surface area contributed by atoms with E-state index in [2.05, 4.69) is 31.9 Å². The van der Waals surface area contributed by atoms with Crippen molar-refractivity contribution in [1.82, 2.24) is 0 Å². The van der Waals surface area contributed by atoms with E-state index in [1.54, 1.807) is 6.92 Å². The zero-order valence-corrected chi connectivity index (χ0v) is 12.6. The molecule has 10 atom stereocenters. The first-order valence-corrected chi connectivity index (χ1v) is 8.40. The number of hydrogen-bond acceptors (Lipinski definition) is 2. The summed E-state index contributed by atoms with van der Waals surface area (Å²) in [7, 11) is 0. The molecule has 6 fully saturated rings. The van der Waals surface area contributed by atoms with Gasteiger partial charge in [-0.25, -0.2) is 0 Å². The molecule has 0 aromatic heterocycles. The predicted octanol–water partition coefficient (Wildman–Crippen LogP) is 2.59. The van der Waals surface area contributed by atoms with Crippen LogP contribution in [0.5, 0.6) is 0 Å². The Morgan fingerprint density at radius 1 is 1.18 bits per heavy atom. The molecule has 0 aromatic carbocycles. The van der Waals surface area contributed by atoms with E-state index in [0.29, 0.717) is 21.5 Å². The number of alkyl halides is 2. The van der Waals surface area contributed by atoms with Crippen LogP contribution in [0, 0.1) is 41.4 Å². The van der Waals surface area contributed by atoms with E-state index in [0.717, 1.165) is 29.6 Å². The first kappa shape index (κ1) is 10.2. The maximum Gasteiger partial charge on any atom is 0.303 e. The Labute approximate surface area is 117 Å². The lowest BCUT2D eigenvalue weighted by Crippen LogP contribution is -2.49. The molecule has 0 heterocycles. The zero-order chi connectivity index (χ0) is 11.7. The van der Waals surface area contributed by atoms with Crippen LogP contribution in [0.25, 0.3) is 0 Å². The number of carbonyl (C=O) groups excluding carboxylic acids is 1. The monoisotopic (exact) mass is 360 g/mol. The minimum Gasteiger partial charge on any atom is -0.457 e. The number of hydrogen-bond donors (Lipinski definition) is 0. The summed E-state index contributed by atoms with van der Waals surface area (Å²) in [4.78, 5) is 12.6. The summed E-state index contributed by atoms with van der Waals surface area (Å²) in [6, 6.07) is 0. The summed E-state index contributed by atoms with van der Waals surface area (Å²) in [6.07, 6.45) is 1.40. The van der Waals surface area contributed by atoms with Gasteiger partial charge in [-0.15, -0.1) is 0 Å². The highest BCUT2D eigenvalue weighted by atomic mass is 79.9. The van der Waals surface area contributed by atoms with Crippen molar-refractivity contribution < 1.29 is 9.53 Å². The predicted molar refractivity (Wildman–Crippen MR) is 69.0 cm³/mol. The molecule has 6 rings (SSSR count). The van der Waals surface area contributed by atoms with Crippen LogP contribution in [-0.2, 0) is 9.53 Å². The summed E-state index contributed by atoms with van der Waals surface area (Å²) in [5.41, 5.74) is -0.155. The van der Waals surface area contributed by atoms with Crippen LogP contribution in [0.1, 0.15) is 13.3 Å². The summed E-state index contributed by atoms with van der Waals surface area (Å²) >= 11 is 7.83. The fourth-order valence-corrected chi connectivity index (χ4v) is 9.81. The van der Waals surface area contributed by atoms with Crippen LogP contribution in [0.3, 0.4) is 0 Å². The van der Waals surface area contributed by atoms with Gasteiger partial charge >= 0.3 is 5.97 Å². The van der Waals surface area contributed by atoms with Gasteiger partial charge in [0.05, 0.1) is 4.83 Å². The molecule has 0 amide bonds. The Kier molecular flexibility index (Phi) is 1.60. The van der Waals surface area contributed by atoms with Gasteiger partial charge in [0, 0.05) is 23.6 Å². The van der Waals surface area contributed by atoms with Gasteiger partial charge in [-0.2, -0.15) is 0 Å². The normalized spacial score (nSPS) is 72.1. The minimum atomic E-state index is -0.155. The third-order valence-corrected chi connectivity index (χ3v) is 9.11. The van der Waals surface area contributed by atoms with Crippen molar-refractivity contribution in [2.75, 3.05) is 0 Å². The maximum absolute atomic E-state index is 11.5. The summed E-state index contributed by atoms with van der Waals surface area (Å²) < 4.78 is 5.94. The molecule has 0 unspecified atom stereocenters. The van der Waals surface area contributed by atoms with Crippen molar-refractivity contribution >= 4 is 37.8 Å². The fourth-order valence-electron chi connectivity index (χ4n) is 6.87. The molecule has 4 heteroatoms. The quantitative estimate of drug-likeness (QED) is 0.530. The Balaban J connectivity index is 1.74. The van der Waals surface area contributed by atoms with Crippen molar-refractivity contribution in [2.24, 2.45) is 41.4 Å². The summed E-state index contributed by atoms with van der Waals surface area (Å²) in [5, 5.41) is 0. The Bertz CT molecular complexity index is 449. The topological polar surface area (TPSA) is 26.3 Å². The molecule has 0 radical (unpaired) electrons. The third kappa shape index (κ3) is 0.752. The van der Waals surface area contributed by atoms with E-state index in [9.17, 15) is 4.79 Å². The molecule has 92 valence electrons. The van der Waals surface area contributed by atoms with Crippen molar-refractivity contribution in [2.45, 2.75) is 28.6 Å². The van der Waals surface area contributed by atoms with E-state index < -0.39 is 0 Å². The lowest BCUT2D eigenvalue weighted by molar-refractivity contribution is -0.167. The van der Waals surface area contributed by atoms with E-state index in [4.69, 9.17) is 4.74 Å². The van der Waals surface area contributed by atoms with Crippen LogP contribution < -0.4 is 0 Å². The minimum absolute atomic E-state index is 0.0924. The van der Waals surface area contributed by atoms with Crippen LogP contribution in [0.4, 0.5) is 0 Å². The van der Waals surface area contributed by atoms with Gasteiger partial charge in [-0.3, -0.25) is 4.79 Å². The molecule has 6 bridgehead atoms. The van der Waals surface area contributed by atoms with Gasteiger partial charge in [-0.1, -0.05) is 31.9 Å². The van der Waals surface area contributed by atoms with Crippen molar-refractivity contribution in [3.05, 3.63) is 0 Å². The highest BCUT2D eigenvalue weighted by molar-refractivity contribution is 9.10. The van der Waals surface area contributed by atoms with Crippen molar-refractivity contribution in [3.63, 3.8) is 0 Å². The second-order valence-corrected chi connectivity index (χ2v) is 8.68. The molecule has 6 aliphatic carbocycles. The summed E-state index contributed by atoms with van der Waals surface area (Å²) in [6.45, 7) is 1.57. The van der Waals surface area contributed by atoms with Crippen LogP contribution in [0.2, 0.25) is 0 Å². The SMILES string of the molecule is CC(=O)O[C@]12[C@@H]3[C@@H](Br)[C@H]4[C@H]5C[C@H]([C@H]([C@H]53)[C@@H]1Br)[C@H]42. The Hall–Kier alpha value is 0.430. The molecule has 0 saturated heterocycles. The molecule has 0 aliphatic heterocycles. The fraction of sp³-hybridized carbons (Fsp3) is 0.923. The average molecular weight is 362 g/mol. The molecule has 0 spiro atoms. The number of rotatable bonds is 1. The van der Waals surface area contributed by atoms with E-state index in [1.807, 2.05) is 0 Å². The smallest absolute Gasteiger partial charge is 0.303 e. The molecule has 0 N–H and O–H groups in total. The van der Waals surface area contributed by atoms with E-state index in [-0.39, 0.29) is 11.6 Å². The Morgan fingerprint density at radius 3 is 2.65 bits per heavy atom. The number of carbonyl (C=O) groups is 1.